The SMILES string of the molecule is CCN1C(=O)[C@]2(CC[C@@H]3CN(S(=O)(=O)CC(C)C)C[C@@H]32)N=C1C. The summed E-state index contributed by atoms with van der Waals surface area (Å²) in [6.07, 6.45) is 1.64. The molecule has 130 valence electrons. The highest BCUT2D eigenvalue weighted by Crippen LogP contribution is 2.50. The minimum absolute atomic E-state index is 0.0310. The first kappa shape index (κ1) is 16.9. The molecule has 7 heteroatoms. The Kier molecular flexibility index (Phi) is 4.08. The average molecular weight is 341 g/mol. The van der Waals surface area contributed by atoms with E-state index in [0.717, 1.165) is 18.7 Å². The normalized spacial score (nSPS) is 34.7. The molecule has 1 saturated heterocycles. The first-order chi connectivity index (χ1) is 10.7. The zero-order chi connectivity index (χ0) is 17.0. The smallest absolute Gasteiger partial charge is 0.256 e. The summed E-state index contributed by atoms with van der Waals surface area (Å²) >= 11 is 0. The van der Waals surface area contributed by atoms with Crippen molar-refractivity contribution in [2.45, 2.75) is 46.1 Å². The van der Waals surface area contributed by atoms with Crippen LogP contribution in [-0.2, 0) is 14.8 Å². The van der Waals surface area contributed by atoms with E-state index >= 15 is 0 Å². The molecule has 1 amide bonds. The van der Waals surface area contributed by atoms with E-state index in [0.29, 0.717) is 19.6 Å². The van der Waals surface area contributed by atoms with Crippen molar-refractivity contribution in [1.29, 1.82) is 0 Å². The lowest BCUT2D eigenvalue weighted by molar-refractivity contribution is -0.132. The van der Waals surface area contributed by atoms with Crippen molar-refractivity contribution in [3.05, 3.63) is 0 Å². The molecule has 23 heavy (non-hydrogen) atoms. The van der Waals surface area contributed by atoms with Crippen molar-refractivity contribution in [1.82, 2.24) is 9.21 Å². The van der Waals surface area contributed by atoms with E-state index in [9.17, 15) is 13.2 Å². The highest BCUT2D eigenvalue weighted by Gasteiger charge is 2.61. The van der Waals surface area contributed by atoms with Crippen LogP contribution in [0.25, 0.3) is 0 Å². The van der Waals surface area contributed by atoms with Gasteiger partial charge in [0.1, 0.15) is 11.4 Å². The number of hydrogen-bond donors (Lipinski definition) is 0. The molecule has 0 radical (unpaired) electrons. The number of sulfonamides is 1. The minimum atomic E-state index is -3.24. The topological polar surface area (TPSA) is 70.1 Å². The Balaban J connectivity index is 1.85. The van der Waals surface area contributed by atoms with E-state index in [2.05, 4.69) is 0 Å². The van der Waals surface area contributed by atoms with Crippen molar-refractivity contribution in [3.8, 4) is 0 Å². The molecule has 3 rings (SSSR count). The molecular weight excluding hydrogens is 314 g/mol. The predicted molar refractivity (Wildman–Crippen MR) is 89.6 cm³/mol. The quantitative estimate of drug-likeness (QED) is 0.775. The Hall–Kier alpha value is -0.950. The summed E-state index contributed by atoms with van der Waals surface area (Å²) < 4.78 is 26.7. The summed E-state index contributed by atoms with van der Waals surface area (Å²) in [4.78, 5) is 19.4. The highest BCUT2D eigenvalue weighted by molar-refractivity contribution is 7.89. The Labute approximate surface area is 139 Å². The largest absolute Gasteiger partial charge is 0.299 e. The van der Waals surface area contributed by atoms with Gasteiger partial charge in [-0.05, 0) is 38.5 Å². The number of carbonyl (C=O) groups is 1. The molecule has 1 aliphatic carbocycles. The van der Waals surface area contributed by atoms with Crippen LogP contribution < -0.4 is 0 Å². The van der Waals surface area contributed by atoms with Gasteiger partial charge in [-0.25, -0.2) is 12.7 Å². The van der Waals surface area contributed by atoms with Gasteiger partial charge in [0.25, 0.3) is 5.91 Å². The molecule has 0 aromatic rings. The third kappa shape index (κ3) is 2.52. The van der Waals surface area contributed by atoms with Crippen LogP contribution in [0.2, 0.25) is 0 Å². The third-order valence-corrected chi connectivity index (χ3v) is 7.71. The van der Waals surface area contributed by atoms with Gasteiger partial charge in [-0.2, -0.15) is 0 Å². The van der Waals surface area contributed by atoms with Crippen molar-refractivity contribution in [2.75, 3.05) is 25.4 Å². The van der Waals surface area contributed by atoms with Crippen molar-refractivity contribution in [3.63, 3.8) is 0 Å². The highest BCUT2D eigenvalue weighted by atomic mass is 32.2. The Morgan fingerprint density at radius 3 is 2.61 bits per heavy atom. The number of amides is 1. The van der Waals surface area contributed by atoms with Crippen LogP contribution in [0, 0.1) is 17.8 Å². The van der Waals surface area contributed by atoms with Crippen LogP contribution in [0.4, 0.5) is 0 Å². The molecular formula is C16H27N3O3S. The average Bonchev–Trinajstić information content (AvgIpc) is 3.05. The van der Waals surface area contributed by atoms with Crippen LogP contribution in [-0.4, -0.2) is 60.3 Å². The van der Waals surface area contributed by atoms with E-state index in [1.165, 1.54) is 0 Å². The predicted octanol–water partition coefficient (Wildman–Crippen LogP) is 1.33. The number of amidine groups is 1. The molecule has 3 aliphatic rings. The molecule has 2 heterocycles. The molecule has 0 aromatic heterocycles. The van der Waals surface area contributed by atoms with Crippen molar-refractivity contribution < 1.29 is 13.2 Å². The molecule has 6 nitrogen and oxygen atoms in total. The minimum Gasteiger partial charge on any atom is -0.299 e. The van der Waals surface area contributed by atoms with Crippen LogP contribution in [0.15, 0.2) is 4.99 Å². The Morgan fingerprint density at radius 1 is 1.35 bits per heavy atom. The number of nitrogens with zero attached hydrogens (tertiary/aromatic N) is 3. The maximum Gasteiger partial charge on any atom is 0.256 e. The van der Waals surface area contributed by atoms with Gasteiger partial charge in [-0.3, -0.25) is 14.7 Å². The summed E-state index contributed by atoms with van der Waals surface area (Å²) in [6, 6.07) is 0. The van der Waals surface area contributed by atoms with Gasteiger partial charge in [-0.15, -0.1) is 0 Å². The lowest BCUT2D eigenvalue weighted by Gasteiger charge is -2.27. The molecule has 1 spiro atoms. The van der Waals surface area contributed by atoms with Gasteiger partial charge in [0, 0.05) is 25.6 Å². The fraction of sp³-hybridized carbons (Fsp3) is 0.875. The van der Waals surface area contributed by atoms with E-state index < -0.39 is 15.6 Å². The molecule has 2 aliphatic heterocycles. The summed E-state index contributed by atoms with van der Waals surface area (Å²) in [5, 5.41) is 0. The second kappa shape index (κ2) is 5.55. The number of carbonyl (C=O) groups excluding carboxylic acids is 1. The zero-order valence-corrected chi connectivity index (χ0v) is 15.3. The second-order valence-electron chi connectivity index (χ2n) is 7.53. The van der Waals surface area contributed by atoms with E-state index in [-0.39, 0.29) is 29.4 Å². The molecule has 0 bridgehead atoms. The molecule has 3 atom stereocenters. The van der Waals surface area contributed by atoms with Crippen LogP contribution in [0.5, 0.6) is 0 Å². The zero-order valence-electron chi connectivity index (χ0n) is 14.4. The van der Waals surface area contributed by atoms with Gasteiger partial charge < -0.3 is 0 Å². The number of fused-ring (bicyclic) bond motifs is 2. The Bertz CT molecular complexity index is 643. The molecule has 0 aromatic carbocycles. The summed E-state index contributed by atoms with van der Waals surface area (Å²) in [7, 11) is -3.24. The Morgan fingerprint density at radius 2 is 2.04 bits per heavy atom. The first-order valence-electron chi connectivity index (χ1n) is 8.57. The number of rotatable bonds is 4. The summed E-state index contributed by atoms with van der Waals surface area (Å²) in [5.74, 6) is 1.43. The van der Waals surface area contributed by atoms with Gasteiger partial charge >= 0.3 is 0 Å². The number of hydrogen-bond acceptors (Lipinski definition) is 4. The standard InChI is InChI=1S/C16H27N3O3S/c1-5-19-12(4)17-16(15(19)20)7-6-13-8-18(9-14(13)16)23(21,22)10-11(2)3/h11,13-14H,5-10H2,1-4H3/t13-,14+,16-/m1/s1. The van der Waals surface area contributed by atoms with Crippen LogP contribution in [0.1, 0.15) is 40.5 Å². The van der Waals surface area contributed by atoms with Crippen molar-refractivity contribution in [2.24, 2.45) is 22.7 Å². The second-order valence-corrected chi connectivity index (χ2v) is 9.54. The third-order valence-electron chi connectivity index (χ3n) is 5.54. The number of likely N-dealkylation sites (N-methyl/N-ethyl adjacent to an activating group) is 1. The maximum atomic E-state index is 12.9. The molecule has 2 fully saturated rings. The van der Waals surface area contributed by atoms with Crippen LogP contribution >= 0.6 is 0 Å². The summed E-state index contributed by atoms with van der Waals surface area (Å²) in [5.41, 5.74) is -0.702. The van der Waals surface area contributed by atoms with Gasteiger partial charge in [0.05, 0.1) is 5.75 Å². The van der Waals surface area contributed by atoms with Gasteiger partial charge in [0.15, 0.2) is 0 Å². The molecule has 1 saturated carbocycles. The molecule has 0 N–H and O–H groups in total. The van der Waals surface area contributed by atoms with Gasteiger partial charge in [-0.1, -0.05) is 13.8 Å². The molecule has 0 unspecified atom stereocenters. The maximum absolute atomic E-state index is 12.9. The fourth-order valence-corrected chi connectivity index (χ4v) is 6.42. The fourth-order valence-electron chi connectivity index (χ4n) is 4.56. The van der Waals surface area contributed by atoms with E-state index in [1.807, 2.05) is 27.7 Å². The lowest BCUT2D eigenvalue weighted by atomic mass is 9.85. The van der Waals surface area contributed by atoms with Crippen LogP contribution in [0.3, 0.4) is 0 Å². The first-order valence-corrected chi connectivity index (χ1v) is 10.2. The van der Waals surface area contributed by atoms with Gasteiger partial charge in [0.2, 0.25) is 10.0 Å². The summed E-state index contributed by atoms with van der Waals surface area (Å²) in [6.45, 7) is 9.30. The number of aliphatic imine (C=N–C) groups is 1. The van der Waals surface area contributed by atoms with Crippen molar-refractivity contribution >= 4 is 21.8 Å². The lowest BCUT2D eigenvalue weighted by Crippen LogP contribution is -2.47. The van der Waals surface area contributed by atoms with E-state index in [4.69, 9.17) is 4.99 Å². The monoisotopic (exact) mass is 341 g/mol. The van der Waals surface area contributed by atoms with E-state index in [1.54, 1.807) is 9.21 Å².